The molecule has 0 saturated heterocycles. The molecular weight excluding hydrogens is 545 g/mol. The third-order valence-corrected chi connectivity index (χ3v) is 8.00. The van der Waals surface area contributed by atoms with Crippen LogP contribution in [0.1, 0.15) is 78.6 Å². The van der Waals surface area contributed by atoms with Crippen molar-refractivity contribution in [1.29, 1.82) is 0 Å². The van der Waals surface area contributed by atoms with Crippen molar-refractivity contribution >= 4 is 11.9 Å². The van der Waals surface area contributed by atoms with E-state index < -0.39 is 36.2 Å². The summed E-state index contributed by atoms with van der Waals surface area (Å²) in [7, 11) is 3.95. The second kappa shape index (κ2) is 14.6. The van der Waals surface area contributed by atoms with E-state index in [0.717, 1.165) is 39.9 Å². The number of carbonyl (C=O) groups is 2. The first-order valence-corrected chi connectivity index (χ1v) is 14.9. The quantitative estimate of drug-likeness (QED) is 0.243. The lowest BCUT2D eigenvalue weighted by atomic mass is 9.90. The molecule has 1 heterocycles. The van der Waals surface area contributed by atoms with Crippen LogP contribution in [-0.4, -0.2) is 47.1 Å². The highest BCUT2D eigenvalue weighted by atomic mass is 19.1. The largest absolute Gasteiger partial charge is 0.481 e. The molecule has 0 bridgehead atoms. The molecule has 0 saturated carbocycles. The van der Waals surface area contributed by atoms with Gasteiger partial charge in [0.05, 0.1) is 12.5 Å². The van der Waals surface area contributed by atoms with Gasteiger partial charge in [-0.05, 0) is 118 Å². The molecule has 1 amide bonds. The Bertz CT molecular complexity index is 1510. The van der Waals surface area contributed by atoms with Gasteiger partial charge in [0.25, 0.3) is 5.56 Å². The van der Waals surface area contributed by atoms with Gasteiger partial charge in [0.2, 0.25) is 5.91 Å². The molecule has 7 nitrogen and oxygen atoms in total. The van der Waals surface area contributed by atoms with Crippen LogP contribution in [0.3, 0.4) is 0 Å². The Kier molecular flexibility index (Phi) is 11.4. The number of carboxylic acids is 1. The van der Waals surface area contributed by atoms with Gasteiger partial charge in [-0.2, -0.15) is 0 Å². The first-order chi connectivity index (χ1) is 20.2. The SMILES string of the molecule is Cc1cc(=O)n(C(CCC(C)C)C(=O)N[C@@H](CC(=O)O)c2cc(-c3c(C)cccc3C)cc(C)c2F)cc1CCN(C)C. The number of carbonyl (C=O) groups excluding carboxylic acids is 1. The summed E-state index contributed by atoms with van der Waals surface area (Å²) in [5, 5.41) is 12.7. The number of likely N-dealkylation sites (N-methyl/N-ethyl adjacent to an activating group) is 1. The maximum Gasteiger partial charge on any atom is 0.305 e. The zero-order chi connectivity index (χ0) is 32.0. The Morgan fingerprint density at radius 1 is 0.977 bits per heavy atom. The Labute approximate surface area is 254 Å². The predicted molar refractivity (Wildman–Crippen MR) is 170 cm³/mol. The summed E-state index contributed by atoms with van der Waals surface area (Å²) >= 11 is 0. The Hall–Kier alpha value is -3.78. The zero-order valence-electron chi connectivity index (χ0n) is 26.8. The predicted octanol–water partition coefficient (Wildman–Crippen LogP) is 6.30. The molecule has 0 aliphatic carbocycles. The molecule has 3 aromatic rings. The number of aryl methyl sites for hydroxylation is 4. The van der Waals surface area contributed by atoms with Gasteiger partial charge in [0, 0.05) is 24.4 Å². The topological polar surface area (TPSA) is 91.6 Å². The van der Waals surface area contributed by atoms with Crippen molar-refractivity contribution in [3.05, 3.63) is 92.1 Å². The second-order valence-electron chi connectivity index (χ2n) is 12.4. The fourth-order valence-electron chi connectivity index (χ4n) is 5.57. The number of pyridine rings is 1. The van der Waals surface area contributed by atoms with Gasteiger partial charge in [0.1, 0.15) is 11.9 Å². The van der Waals surface area contributed by atoms with Crippen LogP contribution in [0.5, 0.6) is 0 Å². The molecule has 0 radical (unpaired) electrons. The van der Waals surface area contributed by atoms with E-state index in [0.29, 0.717) is 24.8 Å². The fraction of sp³-hybridized carbons (Fsp3) is 0.457. The second-order valence-corrected chi connectivity index (χ2v) is 12.4. The van der Waals surface area contributed by atoms with Gasteiger partial charge < -0.3 is 19.9 Å². The minimum absolute atomic E-state index is 0.110. The number of hydrogen-bond donors (Lipinski definition) is 2. The van der Waals surface area contributed by atoms with Crippen LogP contribution in [0.2, 0.25) is 0 Å². The van der Waals surface area contributed by atoms with E-state index in [1.54, 1.807) is 31.3 Å². The van der Waals surface area contributed by atoms with E-state index >= 15 is 4.39 Å². The number of amides is 1. The highest BCUT2D eigenvalue weighted by molar-refractivity contribution is 5.82. The lowest BCUT2D eigenvalue weighted by molar-refractivity contribution is -0.138. The maximum absolute atomic E-state index is 15.7. The Balaban J connectivity index is 2.09. The van der Waals surface area contributed by atoms with Crippen molar-refractivity contribution in [2.45, 2.75) is 79.3 Å². The number of hydrogen-bond acceptors (Lipinski definition) is 4. The molecule has 0 aliphatic rings. The molecule has 43 heavy (non-hydrogen) atoms. The number of carboxylic acid groups (broad SMARTS) is 1. The minimum atomic E-state index is -1.17. The van der Waals surface area contributed by atoms with E-state index in [9.17, 15) is 19.5 Å². The number of nitrogens with one attached hydrogen (secondary N) is 1. The van der Waals surface area contributed by atoms with Gasteiger partial charge in [-0.15, -0.1) is 0 Å². The summed E-state index contributed by atoms with van der Waals surface area (Å²) in [5.41, 5.74) is 5.70. The van der Waals surface area contributed by atoms with Crippen LogP contribution in [0.25, 0.3) is 11.1 Å². The van der Waals surface area contributed by atoms with Gasteiger partial charge >= 0.3 is 5.97 Å². The molecule has 0 spiro atoms. The van der Waals surface area contributed by atoms with Gasteiger partial charge in [0.15, 0.2) is 0 Å². The van der Waals surface area contributed by atoms with E-state index in [1.165, 1.54) is 4.57 Å². The Morgan fingerprint density at radius 2 is 1.63 bits per heavy atom. The van der Waals surface area contributed by atoms with Gasteiger partial charge in [-0.1, -0.05) is 32.0 Å². The fourth-order valence-corrected chi connectivity index (χ4v) is 5.57. The third-order valence-electron chi connectivity index (χ3n) is 8.00. The smallest absolute Gasteiger partial charge is 0.305 e. The molecule has 0 aliphatic heterocycles. The lowest BCUT2D eigenvalue weighted by Crippen LogP contribution is -2.40. The van der Waals surface area contributed by atoms with Crippen molar-refractivity contribution in [2.75, 3.05) is 20.6 Å². The standard InChI is InChI=1S/C35H46FN3O4/c1-21(2)12-13-30(39-20-26(14-15-38(7)8)24(5)17-31(39)40)35(43)37-29(19-32(41)42)28-18-27(16-25(6)34(28)36)33-22(3)10-9-11-23(33)4/h9-11,16-18,20-21,29-30H,12-15,19H2,1-8H3,(H,37,43)(H,41,42)/t29-,30?/m0/s1. The molecule has 2 atom stereocenters. The van der Waals surface area contributed by atoms with Crippen molar-refractivity contribution in [3.8, 4) is 11.1 Å². The summed E-state index contributed by atoms with van der Waals surface area (Å²) < 4.78 is 17.2. The molecule has 1 aromatic heterocycles. The molecule has 3 rings (SSSR count). The van der Waals surface area contributed by atoms with Crippen molar-refractivity contribution < 1.29 is 19.1 Å². The van der Waals surface area contributed by atoms with Gasteiger partial charge in [-0.3, -0.25) is 14.4 Å². The van der Waals surface area contributed by atoms with Crippen LogP contribution in [0.4, 0.5) is 4.39 Å². The average molecular weight is 592 g/mol. The van der Waals surface area contributed by atoms with E-state index in [2.05, 4.69) is 10.2 Å². The van der Waals surface area contributed by atoms with Crippen molar-refractivity contribution in [1.82, 2.24) is 14.8 Å². The van der Waals surface area contributed by atoms with E-state index in [4.69, 9.17) is 0 Å². The molecule has 2 aromatic carbocycles. The van der Waals surface area contributed by atoms with Crippen LogP contribution < -0.4 is 10.9 Å². The highest BCUT2D eigenvalue weighted by Gasteiger charge is 2.29. The lowest BCUT2D eigenvalue weighted by Gasteiger charge is -2.26. The molecule has 8 heteroatoms. The summed E-state index contributed by atoms with van der Waals surface area (Å²) in [4.78, 5) is 41.3. The van der Waals surface area contributed by atoms with Gasteiger partial charge in [-0.25, -0.2) is 4.39 Å². The molecular formula is C35H46FN3O4. The van der Waals surface area contributed by atoms with E-state index in [-0.39, 0.29) is 17.0 Å². The zero-order valence-corrected chi connectivity index (χ0v) is 26.8. The maximum atomic E-state index is 15.7. The number of rotatable bonds is 13. The summed E-state index contributed by atoms with van der Waals surface area (Å²) in [6.45, 7) is 12.3. The van der Waals surface area contributed by atoms with Crippen LogP contribution >= 0.6 is 0 Å². The van der Waals surface area contributed by atoms with E-state index in [1.807, 2.05) is 66.9 Å². The highest BCUT2D eigenvalue weighted by Crippen LogP contribution is 2.33. The molecule has 232 valence electrons. The summed E-state index contributed by atoms with van der Waals surface area (Å²) in [5.74, 6) is -1.96. The summed E-state index contributed by atoms with van der Waals surface area (Å²) in [6.07, 6.45) is 3.00. The first kappa shape index (κ1) is 33.7. The van der Waals surface area contributed by atoms with Crippen LogP contribution in [0, 0.1) is 39.4 Å². The number of benzene rings is 2. The summed E-state index contributed by atoms with van der Waals surface area (Å²) in [6, 6.07) is 8.83. The Morgan fingerprint density at radius 3 is 2.21 bits per heavy atom. The van der Waals surface area contributed by atoms with Crippen LogP contribution in [-0.2, 0) is 16.0 Å². The number of halogens is 1. The molecule has 0 fully saturated rings. The monoisotopic (exact) mass is 591 g/mol. The molecule has 1 unspecified atom stereocenters. The van der Waals surface area contributed by atoms with Crippen LogP contribution in [0.15, 0.2) is 47.4 Å². The normalized spacial score (nSPS) is 12.9. The third kappa shape index (κ3) is 8.63. The van der Waals surface area contributed by atoms with Crippen molar-refractivity contribution in [2.24, 2.45) is 5.92 Å². The minimum Gasteiger partial charge on any atom is -0.481 e. The number of nitrogens with zero attached hydrogens (tertiary/aromatic N) is 2. The average Bonchev–Trinajstić information content (AvgIpc) is 2.90. The van der Waals surface area contributed by atoms with Crippen molar-refractivity contribution in [3.63, 3.8) is 0 Å². The molecule has 2 N–H and O–H groups in total. The number of aromatic nitrogens is 1. The first-order valence-electron chi connectivity index (χ1n) is 14.9. The number of aliphatic carboxylic acids is 1.